The van der Waals surface area contributed by atoms with Crippen LogP contribution in [0.5, 0.6) is 0 Å². The molecule has 1 amide bonds. The number of hydrogen-bond acceptors (Lipinski definition) is 3. The molecule has 0 radical (unpaired) electrons. The van der Waals surface area contributed by atoms with Crippen molar-refractivity contribution in [3.05, 3.63) is 29.8 Å². The van der Waals surface area contributed by atoms with Gasteiger partial charge in [0.2, 0.25) is 5.91 Å². The van der Waals surface area contributed by atoms with Crippen LogP contribution in [0.4, 0.5) is 5.69 Å². The van der Waals surface area contributed by atoms with Gasteiger partial charge in [-0.3, -0.25) is 4.79 Å². The summed E-state index contributed by atoms with van der Waals surface area (Å²) in [5.41, 5.74) is 7.10. The second kappa shape index (κ2) is 8.66. The van der Waals surface area contributed by atoms with Gasteiger partial charge in [0.05, 0.1) is 0 Å². The van der Waals surface area contributed by atoms with E-state index in [0.29, 0.717) is 11.4 Å². The van der Waals surface area contributed by atoms with Crippen LogP contribution in [-0.4, -0.2) is 35.9 Å². The van der Waals surface area contributed by atoms with E-state index in [1.54, 1.807) is 0 Å². The van der Waals surface area contributed by atoms with Crippen LogP contribution in [0.15, 0.2) is 24.3 Å². The minimum absolute atomic E-state index is 0.0398. The zero-order valence-electron chi connectivity index (χ0n) is 12.2. The Morgan fingerprint density at radius 2 is 1.95 bits per heavy atom. The summed E-state index contributed by atoms with van der Waals surface area (Å²) in [4.78, 5) is 14.4. The fraction of sp³-hybridized carbons (Fsp3) is 0.467. The van der Waals surface area contributed by atoms with Crippen LogP contribution in [0.1, 0.15) is 31.7 Å². The third kappa shape index (κ3) is 6.12. The first-order chi connectivity index (χ1) is 9.52. The Hall–Kier alpha value is -1.46. The molecule has 0 spiro atoms. The molecule has 0 unspecified atom stereocenters. The largest absolute Gasteiger partial charge is 0.389 e. The standard InChI is InChI=1S/C15H23N3OS/c1-3-10-18(2)11-4-5-14(19)17-13-8-6-12(7-9-13)15(16)20/h6-9H,3-5,10-11H2,1-2H3,(H2,16,20)(H,17,19). The van der Waals surface area contributed by atoms with Gasteiger partial charge in [0.1, 0.15) is 4.99 Å². The lowest BCUT2D eigenvalue weighted by Crippen LogP contribution is -2.22. The molecule has 20 heavy (non-hydrogen) atoms. The summed E-state index contributed by atoms with van der Waals surface area (Å²) in [6.45, 7) is 4.17. The van der Waals surface area contributed by atoms with E-state index in [0.717, 1.165) is 37.2 Å². The first kappa shape index (κ1) is 16.6. The van der Waals surface area contributed by atoms with Crippen molar-refractivity contribution in [1.29, 1.82) is 0 Å². The Balaban J connectivity index is 2.33. The van der Waals surface area contributed by atoms with Gasteiger partial charge in [0.15, 0.2) is 0 Å². The molecule has 110 valence electrons. The highest BCUT2D eigenvalue weighted by Gasteiger charge is 2.04. The molecule has 0 aliphatic carbocycles. The molecular weight excluding hydrogens is 270 g/mol. The summed E-state index contributed by atoms with van der Waals surface area (Å²) in [6.07, 6.45) is 2.54. The number of rotatable bonds is 8. The fourth-order valence-corrected chi connectivity index (χ4v) is 2.08. The zero-order valence-corrected chi connectivity index (χ0v) is 13.0. The molecule has 0 fully saturated rings. The second-order valence-electron chi connectivity index (χ2n) is 4.90. The van der Waals surface area contributed by atoms with Crippen molar-refractivity contribution in [2.45, 2.75) is 26.2 Å². The minimum Gasteiger partial charge on any atom is -0.389 e. The molecular formula is C15H23N3OS. The average molecular weight is 293 g/mol. The van der Waals surface area contributed by atoms with Gasteiger partial charge in [-0.2, -0.15) is 0 Å². The van der Waals surface area contributed by atoms with E-state index in [4.69, 9.17) is 18.0 Å². The number of nitrogens with one attached hydrogen (secondary N) is 1. The van der Waals surface area contributed by atoms with Gasteiger partial charge in [-0.15, -0.1) is 0 Å². The highest BCUT2D eigenvalue weighted by Crippen LogP contribution is 2.10. The van der Waals surface area contributed by atoms with E-state index in [-0.39, 0.29) is 5.91 Å². The molecule has 5 heteroatoms. The lowest BCUT2D eigenvalue weighted by Gasteiger charge is -2.14. The summed E-state index contributed by atoms with van der Waals surface area (Å²) >= 11 is 4.88. The minimum atomic E-state index is 0.0398. The average Bonchev–Trinajstić information content (AvgIpc) is 2.39. The number of thiocarbonyl (C=S) groups is 1. The highest BCUT2D eigenvalue weighted by molar-refractivity contribution is 7.80. The topological polar surface area (TPSA) is 58.4 Å². The van der Waals surface area contributed by atoms with Crippen molar-refractivity contribution in [3.8, 4) is 0 Å². The van der Waals surface area contributed by atoms with Crippen LogP contribution in [-0.2, 0) is 4.79 Å². The SMILES string of the molecule is CCCN(C)CCCC(=O)Nc1ccc(C(N)=S)cc1. The summed E-state index contributed by atoms with van der Waals surface area (Å²) in [6, 6.07) is 7.26. The van der Waals surface area contributed by atoms with Gasteiger partial charge >= 0.3 is 0 Å². The molecule has 0 aliphatic rings. The van der Waals surface area contributed by atoms with Gasteiger partial charge in [0, 0.05) is 17.7 Å². The van der Waals surface area contributed by atoms with Gasteiger partial charge in [-0.1, -0.05) is 19.1 Å². The van der Waals surface area contributed by atoms with Crippen molar-refractivity contribution in [2.24, 2.45) is 5.73 Å². The zero-order chi connectivity index (χ0) is 15.0. The Kier molecular flexibility index (Phi) is 7.18. The number of hydrogen-bond donors (Lipinski definition) is 2. The van der Waals surface area contributed by atoms with Gasteiger partial charge < -0.3 is 16.0 Å². The summed E-state index contributed by atoms with van der Waals surface area (Å²) in [5, 5.41) is 2.87. The molecule has 0 bridgehead atoms. The first-order valence-corrected chi connectivity index (χ1v) is 7.32. The molecule has 1 aromatic carbocycles. The van der Waals surface area contributed by atoms with Crippen molar-refractivity contribution < 1.29 is 4.79 Å². The van der Waals surface area contributed by atoms with Crippen molar-refractivity contribution in [1.82, 2.24) is 4.90 Å². The summed E-state index contributed by atoms with van der Waals surface area (Å²) in [5.74, 6) is 0.0398. The molecule has 3 N–H and O–H groups in total. The van der Waals surface area contributed by atoms with E-state index in [2.05, 4.69) is 24.2 Å². The number of benzene rings is 1. The monoisotopic (exact) mass is 293 g/mol. The van der Waals surface area contributed by atoms with Crippen molar-refractivity contribution >= 4 is 28.8 Å². The molecule has 0 aromatic heterocycles. The van der Waals surface area contributed by atoms with Crippen LogP contribution in [0.25, 0.3) is 0 Å². The molecule has 0 saturated heterocycles. The normalized spacial score (nSPS) is 10.6. The predicted octanol–water partition coefficient (Wildman–Crippen LogP) is 2.38. The molecule has 4 nitrogen and oxygen atoms in total. The molecule has 0 atom stereocenters. The fourth-order valence-electron chi connectivity index (χ4n) is 1.94. The number of carbonyl (C=O) groups is 1. The summed E-state index contributed by atoms with van der Waals surface area (Å²) in [7, 11) is 2.08. The van der Waals surface area contributed by atoms with Gasteiger partial charge in [0.25, 0.3) is 0 Å². The van der Waals surface area contributed by atoms with Crippen LogP contribution < -0.4 is 11.1 Å². The molecule has 1 aromatic rings. The maximum absolute atomic E-state index is 11.8. The Labute approximate surface area is 126 Å². The van der Waals surface area contributed by atoms with Gasteiger partial charge in [-0.05, 0) is 57.2 Å². The second-order valence-corrected chi connectivity index (χ2v) is 5.34. The van der Waals surface area contributed by atoms with E-state index in [9.17, 15) is 4.79 Å². The van der Waals surface area contributed by atoms with Crippen LogP contribution in [0.3, 0.4) is 0 Å². The lowest BCUT2D eigenvalue weighted by molar-refractivity contribution is -0.116. The number of carbonyl (C=O) groups excluding carboxylic acids is 1. The van der Waals surface area contributed by atoms with E-state index in [1.807, 2.05) is 24.3 Å². The molecule has 0 saturated carbocycles. The van der Waals surface area contributed by atoms with E-state index >= 15 is 0 Å². The van der Waals surface area contributed by atoms with Crippen LogP contribution in [0, 0.1) is 0 Å². The third-order valence-corrected chi connectivity index (χ3v) is 3.24. The molecule has 1 rings (SSSR count). The first-order valence-electron chi connectivity index (χ1n) is 6.91. The van der Waals surface area contributed by atoms with Gasteiger partial charge in [-0.25, -0.2) is 0 Å². The number of amides is 1. The maximum Gasteiger partial charge on any atom is 0.224 e. The number of anilines is 1. The van der Waals surface area contributed by atoms with Crippen molar-refractivity contribution in [3.63, 3.8) is 0 Å². The van der Waals surface area contributed by atoms with Crippen LogP contribution >= 0.6 is 12.2 Å². The number of nitrogens with zero attached hydrogens (tertiary/aromatic N) is 1. The Bertz CT molecular complexity index is 445. The van der Waals surface area contributed by atoms with E-state index < -0.39 is 0 Å². The quantitative estimate of drug-likeness (QED) is 0.723. The van der Waals surface area contributed by atoms with Crippen LogP contribution in [0.2, 0.25) is 0 Å². The molecule has 0 aliphatic heterocycles. The van der Waals surface area contributed by atoms with E-state index in [1.165, 1.54) is 0 Å². The van der Waals surface area contributed by atoms with Crippen molar-refractivity contribution in [2.75, 3.05) is 25.5 Å². The number of nitrogens with two attached hydrogens (primary N) is 1. The molecule has 0 heterocycles. The highest BCUT2D eigenvalue weighted by atomic mass is 32.1. The lowest BCUT2D eigenvalue weighted by atomic mass is 10.2. The maximum atomic E-state index is 11.8. The third-order valence-electron chi connectivity index (χ3n) is 3.00. The Morgan fingerprint density at radius 3 is 2.50 bits per heavy atom. The smallest absolute Gasteiger partial charge is 0.224 e. The Morgan fingerprint density at radius 1 is 1.30 bits per heavy atom. The predicted molar refractivity (Wildman–Crippen MR) is 88.0 cm³/mol. The summed E-state index contributed by atoms with van der Waals surface area (Å²) < 4.78 is 0.